The summed E-state index contributed by atoms with van der Waals surface area (Å²) in [5.74, 6) is 0. The highest BCUT2D eigenvalue weighted by atomic mass is 16.9. The topological polar surface area (TPSA) is 55.4 Å². The maximum atomic E-state index is 5.52. The predicted octanol–water partition coefficient (Wildman–Crippen LogP) is 4.57. The number of hydrogen-bond donors (Lipinski definition) is 0. The molecule has 0 N–H and O–H groups in total. The van der Waals surface area contributed by atoms with Crippen molar-refractivity contribution >= 4 is 0 Å². The zero-order valence-corrected chi connectivity index (χ0v) is 17.8. The van der Waals surface area contributed by atoms with Crippen molar-refractivity contribution in [1.29, 1.82) is 0 Å². The van der Waals surface area contributed by atoms with Crippen molar-refractivity contribution in [3.8, 4) is 0 Å². The van der Waals surface area contributed by atoms with Gasteiger partial charge in [0.15, 0.2) is 0 Å². The first-order valence-corrected chi connectivity index (χ1v) is 9.89. The van der Waals surface area contributed by atoms with Crippen LogP contribution in [0.4, 0.5) is 0 Å². The van der Waals surface area contributed by atoms with E-state index in [2.05, 4.69) is 13.8 Å². The van der Waals surface area contributed by atoms with E-state index in [1.165, 1.54) is 6.42 Å². The summed E-state index contributed by atoms with van der Waals surface area (Å²) in [4.78, 5) is 0. The summed E-state index contributed by atoms with van der Waals surface area (Å²) in [6.45, 7) is 18.3. The van der Waals surface area contributed by atoms with Gasteiger partial charge in [-0.15, -0.1) is 0 Å². The normalized spacial score (nSPS) is 27.8. The average Bonchev–Trinajstić information content (AvgIpc) is 2.68. The van der Waals surface area contributed by atoms with E-state index in [4.69, 9.17) is 28.4 Å². The molecule has 0 radical (unpaired) electrons. The monoisotopic (exact) mass is 366 g/mol. The lowest BCUT2D eigenvalue weighted by molar-refractivity contribution is -0.390. The molecule has 2 rings (SSSR count). The molecule has 2 fully saturated rings. The van der Waals surface area contributed by atoms with Crippen LogP contribution in [0.25, 0.3) is 0 Å². The van der Waals surface area contributed by atoms with E-state index in [0.29, 0.717) is 39.6 Å². The van der Waals surface area contributed by atoms with E-state index in [1.54, 1.807) is 0 Å². The Hall–Kier alpha value is -0.240. The van der Waals surface area contributed by atoms with Crippen LogP contribution >= 0.6 is 0 Å². The summed E-state index contributed by atoms with van der Waals surface area (Å²) in [6, 6.07) is 0. The van der Waals surface area contributed by atoms with E-state index in [-0.39, 0.29) is 5.41 Å². The smallest absolute Gasteiger partial charge is 0.271 e. The maximum absolute atomic E-state index is 5.52. The quantitative estimate of drug-likeness (QED) is 0.711. The Balaban J connectivity index is 0. The van der Waals surface area contributed by atoms with Gasteiger partial charge in [-0.1, -0.05) is 54.9 Å². The molecule has 0 aromatic carbocycles. The molecule has 0 aromatic heterocycles. The lowest BCUT2D eigenvalue weighted by Crippen LogP contribution is -2.53. The van der Waals surface area contributed by atoms with Crippen molar-refractivity contribution in [2.75, 3.05) is 39.6 Å². The zero-order valence-electron chi connectivity index (χ0n) is 17.8. The summed E-state index contributed by atoms with van der Waals surface area (Å²) in [5.41, 5.74) is -0.236. The lowest BCUT2D eigenvalue weighted by Gasteiger charge is -2.42. The molecule has 0 aliphatic carbocycles. The van der Waals surface area contributed by atoms with Crippen molar-refractivity contribution < 1.29 is 28.4 Å². The minimum absolute atomic E-state index is 0.236. The lowest BCUT2D eigenvalue weighted by atomic mass is 9.91. The molecule has 0 saturated carbocycles. The van der Waals surface area contributed by atoms with Gasteiger partial charge in [0.05, 0.1) is 38.4 Å². The Bertz CT molecular complexity index is 244. The second kappa shape index (κ2) is 18.5. The zero-order chi connectivity index (χ0) is 19.6. The highest BCUT2D eigenvalue weighted by Crippen LogP contribution is 2.30. The first-order valence-electron chi connectivity index (χ1n) is 9.89. The van der Waals surface area contributed by atoms with Crippen molar-refractivity contribution in [3.63, 3.8) is 0 Å². The van der Waals surface area contributed by atoms with Gasteiger partial charge in [0.25, 0.3) is 13.0 Å². The van der Waals surface area contributed by atoms with Crippen LogP contribution in [-0.4, -0.2) is 52.6 Å². The van der Waals surface area contributed by atoms with Crippen LogP contribution in [0.1, 0.15) is 68.2 Å². The molecule has 0 bridgehead atoms. The fraction of sp³-hybridized carbons (Fsp3) is 1.00. The second-order valence-electron chi connectivity index (χ2n) is 5.35. The second-order valence-corrected chi connectivity index (χ2v) is 5.35. The van der Waals surface area contributed by atoms with Gasteiger partial charge in [-0.05, 0) is 13.3 Å². The Morgan fingerprint density at radius 3 is 1.40 bits per heavy atom. The van der Waals surface area contributed by atoms with Crippen LogP contribution in [0, 0.1) is 5.41 Å². The molecule has 1 spiro atoms. The van der Waals surface area contributed by atoms with E-state index >= 15 is 0 Å². The molecule has 154 valence electrons. The Morgan fingerprint density at radius 1 is 0.720 bits per heavy atom. The van der Waals surface area contributed by atoms with E-state index < -0.39 is 13.0 Å². The van der Waals surface area contributed by atoms with E-state index in [1.807, 2.05) is 41.5 Å². The molecule has 0 amide bonds. The Kier molecular flexibility index (Phi) is 20.0. The fourth-order valence-corrected chi connectivity index (χ4v) is 1.87. The minimum atomic E-state index is -0.560. The SMILES string of the molecule is CC.CC.CCC.CCCOC1OCC2(COC(OCC)OC2)CO1. The van der Waals surface area contributed by atoms with Gasteiger partial charge in [0.1, 0.15) is 0 Å². The number of ether oxygens (including phenoxy) is 6. The highest BCUT2D eigenvalue weighted by Gasteiger charge is 2.42. The third kappa shape index (κ3) is 11.9. The Labute approximate surface area is 155 Å². The molecule has 6 nitrogen and oxygen atoms in total. The largest absolute Gasteiger partial charge is 0.330 e. The molecular weight excluding hydrogens is 324 g/mol. The van der Waals surface area contributed by atoms with Crippen molar-refractivity contribution in [3.05, 3.63) is 0 Å². The van der Waals surface area contributed by atoms with Crippen molar-refractivity contribution in [2.24, 2.45) is 5.41 Å². The summed E-state index contributed by atoms with van der Waals surface area (Å²) < 4.78 is 32.6. The van der Waals surface area contributed by atoms with Crippen LogP contribution in [-0.2, 0) is 28.4 Å². The highest BCUT2D eigenvalue weighted by molar-refractivity contribution is 4.82. The first kappa shape index (κ1) is 27.0. The third-order valence-corrected chi connectivity index (χ3v) is 2.86. The third-order valence-electron chi connectivity index (χ3n) is 2.86. The van der Waals surface area contributed by atoms with Crippen molar-refractivity contribution in [1.82, 2.24) is 0 Å². The van der Waals surface area contributed by atoms with Gasteiger partial charge in [0.2, 0.25) is 0 Å². The summed E-state index contributed by atoms with van der Waals surface area (Å²) in [7, 11) is 0. The van der Waals surface area contributed by atoms with Crippen LogP contribution in [0.3, 0.4) is 0 Å². The van der Waals surface area contributed by atoms with Crippen LogP contribution < -0.4 is 0 Å². The average molecular weight is 367 g/mol. The predicted molar refractivity (Wildman–Crippen MR) is 100 cm³/mol. The summed E-state index contributed by atoms with van der Waals surface area (Å²) in [6.07, 6.45) is 2.19. The van der Waals surface area contributed by atoms with Crippen LogP contribution in [0.2, 0.25) is 0 Å². The molecule has 2 heterocycles. The standard InChI is InChI=1S/C12H22O6.C3H8.2C2H6/c1-3-5-14-11-17-8-12(9-18-11)6-15-10(13-4-2)16-7-12;1-3-2;2*1-2/h10-11H,3-9H2,1-2H3;3H2,1-2H3;2*1-2H3. The molecule has 2 saturated heterocycles. The van der Waals surface area contributed by atoms with E-state index in [9.17, 15) is 0 Å². The molecule has 0 aromatic rings. The fourth-order valence-electron chi connectivity index (χ4n) is 1.87. The molecule has 2 aliphatic heterocycles. The van der Waals surface area contributed by atoms with E-state index in [0.717, 1.165) is 6.42 Å². The van der Waals surface area contributed by atoms with Crippen molar-refractivity contribution in [2.45, 2.75) is 81.2 Å². The molecule has 25 heavy (non-hydrogen) atoms. The molecule has 6 heteroatoms. The number of rotatable bonds is 5. The number of hydrogen-bond acceptors (Lipinski definition) is 6. The van der Waals surface area contributed by atoms with Gasteiger partial charge in [-0.25, -0.2) is 0 Å². The van der Waals surface area contributed by atoms with Gasteiger partial charge in [0, 0.05) is 6.61 Å². The van der Waals surface area contributed by atoms with Gasteiger partial charge in [-0.2, -0.15) is 0 Å². The summed E-state index contributed by atoms with van der Waals surface area (Å²) in [5, 5.41) is 0. The molecule has 0 unspecified atom stereocenters. The molecular formula is C19H42O6. The Morgan fingerprint density at radius 2 is 1.08 bits per heavy atom. The van der Waals surface area contributed by atoms with Gasteiger partial charge < -0.3 is 28.4 Å². The summed E-state index contributed by atoms with van der Waals surface area (Å²) >= 11 is 0. The first-order chi connectivity index (χ1) is 12.2. The van der Waals surface area contributed by atoms with Gasteiger partial charge >= 0.3 is 0 Å². The van der Waals surface area contributed by atoms with Crippen LogP contribution in [0.15, 0.2) is 0 Å². The minimum Gasteiger partial charge on any atom is -0.330 e. The van der Waals surface area contributed by atoms with Crippen LogP contribution in [0.5, 0.6) is 0 Å². The molecule has 0 atom stereocenters. The molecule has 2 aliphatic rings. The maximum Gasteiger partial charge on any atom is 0.271 e. The van der Waals surface area contributed by atoms with Gasteiger partial charge in [-0.3, -0.25) is 0 Å².